The molecule has 3 atom stereocenters. The third-order valence-electron chi connectivity index (χ3n) is 5.36. The Kier molecular flexibility index (Phi) is 10.7. The molecule has 2 aromatic carbocycles. The number of carbonyl (C=O) groups excluding carboxylic acids is 1. The van der Waals surface area contributed by atoms with Gasteiger partial charge in [-0.15, -0.1) is 0 Å². The molecule has 0 radical (unpaired) electrons. The maximum atomic E-state index is 13.8. The lowest BCUT2D eigenvalue weighted by molar-refractivity contribution is -0.139. The molecule has 2 nitrogen and oxygen atoms in total. The smallest absolute Gasteiger partial charge is 0.294 e. The molecular formula is C25H23Cl3F6O2S. The Morgan fingerprint density at radius 3 is 2.03 bits per heavy atom. The SMILES string of the molecule is CC(C)S(=O)C[C@@H](C)CC(=O)c1ccc(/C=C/C(c2cc(Cl)c(Cl)c(Cl)c2)C(F)(F)F)cc1C(F)(F)F. The summed E-state index contributed by atoms with van der Waals surface area (Å²) in [6.45, 7) is 5.09. The third-order valence-corrected chi connectivity index (χ3v) is 8.50. The Labute approximate surface area is 228 Å². The highest BCUT2D eigenvalue weighted by Gasteiger charge is 2.40. The summed E-state index contributed by atoms with van der Waals surface area (Å²) in [5.74, 6) is -3.31. The van der Waals surface area contributed by atoms with Gasteiger partial charge >= 0.3 is 12.4 Å². The number of Topliss-reactive ketones (excluding diaryl/α,β-unsaturated/α-hetero) is 1. The standard InChI is InChI=1S/C25H23Cl3F6O2S/c1-13(2)37(36)12-14(3)8-22(35)17-6-4-15(9-19(17)25(32,33)34)5-7-18(24(29,30)31)16-10-20(26)23(28)21(27)11-16/h4-7,9-11,13-14,18H,8,12H2,1-3H3/b7-5+/t14-,18?,37?/m0/s1. The summed E-state index contributed by atoms with van der Waals surface area (Å²) < 4.78 is 94.6. The van der Waals surface area contributed by atoms with Crippen LogP contribution in [0.25, 0.3) is 6.08 Å². The molecule has 0 aliphatic carbocycles. The number of hydrogen-bond donors (Lipinski definition) is 0. The first-order chi connectivity index (χ1) is 16.9. The average Bonchev–Trinajstić information content (AvgIpc) is 2.75. The fraction of sp³-hybridized carbons (Fsp3) is 0.400. The van der Waals surface area contributed by atoms with Crippen LogP contribution < -0.4 is 0 Å². The molecular weight excluding hydrogens is 585 g/mol. The van der Waals surface area contributed by atoms with Crippen LogP contribution in [0.2, 0.25) is 15.1 Å². The van der Waals surface area contributed by atoms with E-state index in [0.29, 0.717) is 12.1 Å². The van der Waals surface area contributed by atoms with E-state index in [1.165, 1.54) is 0 Å². The molecule has 0 spiro atoms. The van der Waals surface area contributed by atoms with Gasteiger partial charge in [-0.2, -0.15) is 26.3 Å². The topological polar surface area (TPSA) is 34.1 Å². The van der Waals surface area contributed by atoms with Crippen molar-refractivity contribution in [2.45, 2.75) is 50.7 Å². The number of benzene rings is 2. The minimum Gasteiger partial charge on any atom is -0.294 e. The van der Waals surface area contributed by atoms with Crippen molar-refractivity contribution in [3.05, 3.63) is 73.7 Å². The van der Waals surface area contributed by atoms with Crippen LogP contribution in [0.4, 0.5) is 26.3 Å². The first-order valence-electron chi connectivity index (χ1n) is 10.9. The lowest BCUT2D eigenvalue weighted by Crippen LogP contribution is -2.20. The van der Waals surface area contributed by atoms with Crippen molar-refractivity contribution in [2.75, 3.05) is 5.75 Å². The lowest BCUT2D eigenvalue weighted by Gasteiger charge is -2.19. The van der Waals surface area contributed by atoms with E-state index in [4.69, 9.17) is 34.8 Å². The van der Waals surface area contributed by atoms with Crippen LogP contribution in [0.5, 0.6) is 0 Å². The number of rotatable bonds is 9. The predicted octanol–water partition coefficient (Wildman–Crippen LogP) is 9.39. The molecule has 0 aliphatic rings. The Balaban J connectivity index is 2.41. The average molecular weight is 608 g/mol. The largest absolute Gasteiger partial charge is 0.417 e. The predicted molar refractivity (Wildman–Crippen MR) is 137 cm³/mol. The molecule has 2 unspecified atom stereocenters. The zero-order chi connectivity index (χ0) is 28.3. The summed E-state index contributed by atoms with van der Waals surface area (Å²) in [6.07, 6.45) is -8.45. The van der Waals surface area contributed by atoms with Gasteiger partial charge in [-0.3, -0.25) is 9.00 Å². The number of carbonyl (C=O) groups is 1. The van der Waals surface area contributed by atoms with E-state index < -0.39 is 51.9 Å². The fourth-order valence-electron chi connectivity index (χ4n) is 3.47. The second kappa shape index (κ2) is 12.5. The Morgan fingerprint density at radius 1 is 0.973 bits per heavy atom. The molecule has 12 heteroatoms. The minimum atomic E-state index is -4.93. The van der Waals surface area contributed by atoms with Crippen molar-refractivity contribution in [2.24, 2.45) is 5.92 Å². The van der Waals surface area contributed by atoms with Gasteiger partial charge < -0.3 is 0 Å². The van der Waals surface area contributed by atoms with Crippen molar-refractivity contribution >= 4 is 57.5 Å². The molecule has 2 rings (SSSR count). The van der Waals surface area contributed by atoms with Gasteiger partial charge in [0.1, 0.15) is 0 Å². The summed E-state index contributed by atoms with van der Waals surface area (Å²) in [5, 5.41) is -0.701. The summed E-state index contributed by atoms with van der Waals surface area (Å²) >= 11 is 17.5. The summed E-state index contributed by atoms with van der Waals surface area (Å²) in [6, 6.07) is 4.65. The molecule has 0 aromatic heterocycles. The minimum absolute atomic E-state index is 0.128. The van der Waals surface area contributed by atoms with Crippen LogP contribution in [0.3, 0.4) is 0 Å². The highest BCUT2D eigenvalue weighted by Crippen LogP contribution is 2.41. The molecule has 0 heterocycles. The highest BCUT2D eigenvalue weighted by molar-refractivity contribution is 7.85. The van der Waals surface area contributed by atoms with Gasteiger partial charge in [0.15, 0.2) is 5.78 Å². The molecule has 0 amide bonds. The van der Waals surface area contributed by atoms with E-state index in [2.05, 4.69) is 0 Å². The van der Waals surface area contributed by atoms with Gasteiger partial charge in [0, 0.05) is 33.8 Å². The number of allylic oxidation sites excluding steroid dienone is 1. The lowest BCUT2D eigenvalue weighted by atomic mass is 9.93. The van der Waals surface area contributed by atoms with Gasteiger partial charge in [-0.25, -0.2) is 0 Å². The van der Waals surface area contributed by atoms with Crippen molar-refractivity contribution in [3.63, 3.8) is 0 Å². The molecule has 37 heavy (non-hydrogen) atoms. The van der Waals surface area contributed by atoms with Crippen LogP contribution >= 0.6 is 34.8 Å². The molecule has 0 saturated carbocycles. The third kappa shape index (κ3) is 8.73. The van der Waals surface area contributed by atoms with Crippen molar-refractivity contribution < 1.29 is 35.3 Å². The monoisotopic (exact) mass is 606 g/mol. The number of ketones is 1. The second-order valence-corrected chi connectivity index (χ2v) is 12.0. The summed E-state index contributed by atoms with van der Waals surface area (Å²) in [7, 11) is -1.24. The van der Waals surface area contributed by atoms with Crippen molar-refractivity contribution in [1.82, 2.24) is 0 Å². The van der Waals surface area contributed by atoms with E-state index in [1.54, 1.807) is 20.8 Å². The van der Waals surface area contributed by atoms with Gasteiger partial charge in [0.05, 0.1) is 26.5 Å². The molecule has 0 aliphatic heterocycles. The maximum Gasteiger partial charge on any atom is 0.417 e. The molecule has 0 fully saturated rings. The van der Waals surface area contributed by atoms with Crippen LogP contribution in [-0.2, 0) is 17.0 Å². The maximum absolute atomic E-state index is 13.8. The van der Waals surface area contributed by atoms with Gasteiger partial charge in [0.2, 0.25) is 0 Å². The van der Waals surface area contributed by atoms with E-state index in [0.717, 1.165) is 30.3 Å². The number of hydrogen-bond acceptors (Lipinski definition) is 2. The fourth-order valence-corrected chi connectivity index (χ4v) is 5.15. The van der Waals surface area contributed by atoms with Gasteiger partial charge in [-0.05, 0) is 35.2 Å². The zero-order valence-electron chi connectivity index (χ0n) is 19.8. The van der Waals surface area contributed by atoms with Crippen LogP contribution in [0.1, 0.15) is 60.2 Å². The zero-order valence-corrected chi connectivity index (χ0v) is 22.9. The Morgan fingerprint density at radius 2 is 1.54 bits per heavy atom. The van der Waals surface area contributed by atoms with E-state index >= 15 is 0 Å². The van der Waals surface area contributed by atoms with E-state index in [9.17, 15) is 35.3 Å². The highest BCUT2D eigenvalue weighted by atomic mass is 35.5. The number of halogens is 9. The Bertz CT molecular complexity index is 1170. The first-order valence-corrected chi connectivity index (χ1v) is 13.4. The normalized spacial score (nSPS) is 15.3. The van der Waals surface area contributed by atoms with Crippen molar-refractivity contribution in [3.8, 4) is 0 Å². The molecule has 204 valence electrons. The van der Waals surface area contributed by atoms with Crippen LogP contribution in [0, 0.1) is 5.92 Å². The quantitative estimate of drug-likeness (QED) is 0.162. The van der Waals surface area contributed by atoms with Gasteiger partial charge in [0.25, 0.3) is 0 Å². The van der Waals surface area contributed by atoms with Crippen molar-refractivity contribution in [1.29, 1.82) is 0 Å². The van der Waals surface area contributed by atoms with Gasteiger partial charge in [-0.1, -0.05) is 79.9 Å². The van der Waals surface area contributed by atoms with Crippen LogP contribution in [-0.4, -0.2) is 27.2 Å². The summed E-state index contributed by atoms with van der Waals surface area (Å²) in [5.41, 5.74) is -2.41. The Hall–Kier alpha value is -1.55. The summed E-state index contributed by atoms with van der Waals surface area (Å²) in [4.78, 5) is 12.7. The van der Waals surface area contributed by atoms with Crippen LogP contribution in [0.15, 0.2) is 36.4 Å². The molecule has 0 saturated heterocycles. The molecule has 2 aromatic rings. The van der Waals surface area contributed by atoms with E-state index in [1.807, 2.05) is 0 Å². The van der Waals surface area contributed by atoms with E-state index in [-0.39, 0.29) is 43.6 Å². The second-order valence-electron chi connectivity index (χ2n) is 8.81. The first kappa shape index (κ1) is 31.7. The number of alkyl halides is 6. The molecule has 0 N–H and O–H groups in total. The molecule has 0 bridgehead atoms.